The van der Waals surface area contributed by atoms with Crippen LogP contribution in [0, 0.1) is 13.8 Å². The van der Waals surface area contributed by atoms with Crippen LogP contribution in [0.5, 0.6) is 5.75 Å². The molecule has 2 aromatic rings. The highest BCUT2D eigenvalue weighted by Crippen LogP contribution is 2.32. The second-order valence-corrected chi connectivity index (χ2v) is 4.77. The quantitative estimate of drug-likeness (QED) is 0.901. The van der Waals surface area contributed by atoms with Crippen LogP contribution >= 0.6 is 0 Å². The van der Waals surface area contributed by atoms with Crippen molar-refractivity contribution in [1.29, 1.82) is 0 Å². The molecule has 0 bridgehead atoms. The van der Waals surface area contributed by atoms with Crippen molar-refractivity contribution >= 4 is 0 Å². The standard InChI is InChI=1S/C17H21NO/c1-12-8-7-9-13(2)16(12)17(18-3)14-10-5-6-11-15(14)19-4/h5-11,17-18H,1-4H3. The Morgan fingerprint density at radius 1 is 0.947 bits per heavy atom. The van der Waals surface area contributed by atoms with Crippen molar-refractivity contribution in [1.82, 2.24) is 5.32 Å². The first-order chi connectivity index (χ1) is 9.19. The van der Waals surface area contributed by atoms with Crippen LogP contribution in [0.25, 0.3) is 0 Å². The summed E-state index contributed by atoms with van der Waals surface area (Å²) in [4.78, 5) is 0. The molecule has 0 aromatic heterocycles. The fraction of sp³-hybridized carbons (Fsp3) is 0.294. The van der Waals surface area contributed by atoms with Gasteiger partial charge in [-0.3, -0.25) is 0 Å². The highest BCUT2D eigenvalue weighted by atomic mass is 16.5. The molecule has 19 heavy (non-hydrogen) atoms. The van der Waals surface area contributed by atoms with Crippen LogP contribution in [-0.4, -0.2) is 14.2 Å². The number of para-hydroxylation sites is 1. The third kappa shape index (κ3) is 2.64. The summed E-state index contributed by atoms with van der Waals surface area (Å²) in [6.07, 6.45) is 0. The summed E-state index contributed by atoms with van der Waals surface area (Å²) in [5.74, 6) is 0.921. The van der Waals surface area contributed by atoms with E-state index in [1.54, 1.807) is 7.11 Å². The van der Waals surface area contributed by atoms with Gasteiger partial charge in [-0.2, -0.15) is 0 Å². The van der Waals surface area contributed by atoms with E-state index < -0.39 is 0 Å². The molecule has 1 unspecified atom stereocenters. The van der Waals surface area contributed by atoms with Gasteiger partial charge in [-0.1, -0.05) is 36.4 Å². The van der Waals surface area contributed by atoms with Gasteiger partial charge in [0.25, 0.3) is 0 Å². The molecule has 0 saturated carbocycles. The molecule has 1 N–H and O–H groups in total. The van der Waals surface area contributed by atoms with Crippen LogP contribution in [0.4, 0.5) is 0 Å². The molecule has 2 nitrogen and oxygen atoms in total. The van der Waals surface area contributed by atoms with E-state index in [0.29, 0.717) is 0 Å². The predicted molar refractivity (Wildman–Crippen MR) is 79.8 cm³/mol. The van der Waals surface area contributed by atoms with E-state index in [1.807, 2.05) is 19.2 Å². The first kappa shape index (κ1) is 13.6. The van der Waals surface area contributed by atoms with Crippen LogP contribution in [0.1, 0.15) is 28.3 Å². The summed E-state index contributed by atoms with van der Waals surface area (Å²) < 4.78 is 5.49. The average molecular weight is 255 g/mol. The van der Waals surface area contributed by atoms with Crippen LogP contribution in [-0.2, 0) is 0 Å². The Morgan fingerprint density at radius 3 is 2.16 bits per heavy atom. The third-order valence-corrected chi connectivity index (χ3v) is 3.57. The molecule has 0 aliphatic heterocycles. The molecular weight excluding hydrogens is 234 g/mol. The molecule has 2 heteroatoms. The minimum Gasteiger partial charge on any atom is -0.496 e. The number of hydrogen-bond donors (Lipinski definition) is 1. The van der Waals surface area contributed by atoms with Gasteiger partial charge < -0.3 is 10.1 Å². The second kappa shape index (κ2) is 5.89. The molecule has 2 rings (SSSR count). The summed E-state index contributed by atoms with van der Waals surface area (Å²) in [7, 11) is 3.71. The first-order valence-electron chi connectivity index (χ1n) is 6.55. The van der Waals surface area contributed by atoms with Crippen molar-refractivity contribution in [3.05, 3.63) is 64.7 Å². The van der Waals surface area contributed by atoms with Gasteiger partial charge >= 0.3 is 0 Å². The molecule has 0 saturated heterocycles. The van der Waals surface area contributed by atoms with E-state index in [1.165, 1.54) is 22.3 Å². The Morgan fingerprint density at radius 2 is 1.58 bits per heavy atom. The van der Waals surface area contributed by atoms with E-state index in [2.05, 4.69) is 49.5 Å². The Bertz CT molecular complexity index is 543. The second-order valence-electron chi connectivity index (χ2n) is 4.77. The van der Waals surface area contributed by atoms with Gasteiger partial charge in [0.2, 0.25) is 0 Å². The SMILES string of the molecule is CNC(c1ccccc1OC)c1c(C)cccc1C. The van der Waals surface area contributed by atoms with Crippen molar-refractivity contribution < 1.29 is 4.74 Å². The zero-order valence-electron chi connectivity index (χ0n) is 12.0. The Labute approximate surface area is 115 Å². The molecule has 100 valence electrons. The van der Waals surface area contributed by atoms with Gasteiger partial charge in [-0.05, 0) is 43.7 Å². The maximum absolute atomic E-state index is 5.49. The lowest BCUT2D eigenvalue weighted by molar-refractivity contribution is 0.405. The number of aryl methyl sites for hydroxylation is 2. The van der Waals surface area contributed by atoms with E-state index in [0.717, 1.165) is 5.75 Å². The highest BCUT2D eigenvalue weighted by Gasteiger charge is 2.19. The normalized spacial score (nSPS) is 12.2. The molecule has 0 spiro atoms. The van der Waals surface area contributed by atoms with Crippen molar-refractivity contribution in [3.63, 3.8) is 0 Å². The molecule has 2 aromatic carbocycles. The van der Waals surface area contributed by atoms with Crippen LogP contribution in [0.3, 0.4) is 0 Å². The van der Waals surface area contributed by atoms with Crippen LogP contribution in [0.2, 0.25) is 0 Å². The monoisotopic (exact) mass is 255 g/mol. The molecule has 1 atom stereocenters. The maximum Gasteiger partial charge on any atom is 0.123 e. The molecule has 0 amide bonds. The van der Waals surface area contributed by atoms with Crippen molar-refractivity contribution in [2.75, 3.05) is 14.2 Å². The maximum atomic E-state index is 5.49. The smallest absolute Gasteiger partial charge is 0.123 e. The number of hydrogen-bond acceptors (Lipinski definition) is 2. The Balaban J connectivity index is 2.57. The van der Waals surface area contributed by atoms with E-state index in [4.69, 9.17) is 4.74 Å². The average Bonchev–Trinajstić information content (AvgIpc) is 2.43. The number of methoxy groups -OCH3 is 1. The minimum atomic E-state index is 0.150. The van der Waals surface area contributed by atoms with Gasteiger partial charge in [0.1, 0.15) is 5.75 Å². The molecule has 0 aliphatic rings. The number of rotatable bonds is 4. The van der Waals surface area contributed by atoms with Crippen molar-refractivity contribution in [3.8, 4) is 5.75 Å². The van der Waals surface area contributed by atoms with E-state index in [9.17, 15) is 0 Å². The van der Waals surface area contributed by atoms with Gasteiger partial charge in [0.05, 0.1) is 13.2 Å². The van der Waals surface area contributed by atoms with Gasteiger partial charge in [0.15, 0.2) is 0 Å². The van der Waals surface area contributed by atoms with Crippen molar-refractivity contribution in [2.45, 2.75) is 19.9 Å². The summed E-state index contributed by atoms with van der Waals surface area (Å²) in [5.41, 5.74) is 5.09. The van der Waals surface area contributed by atoms with Crippen LogP contribution < -0.4 is 10.1 Å². The van der Waals surface area contributed by atoms with E-state index in [-0.39, 0.29) is 6.04 Å². The van der Waals surface area contributed by atoms with Gasteiger partial charge in [-0.25, -0.2) is 0 Å². The largest absolute Gasteiger partial charge is 0.496 e. The fourth-order valence-electron chi connectivity index (χ4n) is 2.64. The minimum absolute atomic E-state index is 0.150. The number of nitrogens with one attached hydrogen (secondary N) is 1. The first-order valence-corrected chi connectivity index (χ1v) is 6.55. The molecular formula is C17H21NO. The number of ether oxygens (including phenoxy) is 1. The lowest BCUT2D eigenvalue weighted by atomic mass is 9.91. The summed E-state index contributed by atoms with van der Waals surface area (Å²) in [6, 6.07) is 14.7. The fourth-order valence-corrected chi connectivity index (χ4v) is 2.64. The molecule has 0 heterocycles. The van der Waals surface area contributed by atoms with Crippen LogP contribution in [0.15, 0.2) is 42.5 Å². The van der Waals surface area contributed by atoms with Gasteiger partial charge in [0, 0.05) is 5.56 Å². The van der Waals surface area contributed by atoms with Crippen molar-refractivity contribution in [2.24, 2.45) is 0 Å². The zero-order chi connectivity index (χ0) is 13.8. The molecule has 0 aliphatic carbocycles. The lowest BCUT2D eigenvalue weighted by Gasteiger charge is -2.23. The summed E-state index contributed by atoms with van der Waals surface area (Å²) >= 11 is 0. The lowest BCUT2D eigenvalue weighted by Crippen LogP contribution is -2.20. The van der Waals surface area contributed by atoms with E-state index >= 15 is 0 Å². The Hall–Kier alpha value is -1.80. The summed E-state index contributed by atoms with van der Waals surface area (Å²) in [5, 5.41) is 3.41. The Kier molecular flexibility index (Phi) is 4.23. The zero-order valence-corrected chi connectivity index (χ0v) is 12.0. The molecule has 0 radical (unpaired) electrons. The topological polar surface area (TPSA) is 21.3 Å². The number of benzene rings is 2. The predicted octanol–water partition coefficient (Wildman–Crippen LogP) is 3.62. The summed E-state index contributed by atoms with van der Waals surface area (Å²) in [6.45, 7) is 4.31. The third-order valence-electron chi connectivity index (χ3n) is 3.57. The highest BCUT2D eigenvalue weighted by molar-refractivity contribution is 5.46. The van der Waals surface area contributed by atoms with Gasteiger partial charge in [-0.15, -0.1) is 0 Å². The molecule has 0 fully saturated rings.